The van der Waals surface area contributed by atoms with Crippen molar-refractivity contribution in [3.63, 3.8) is 0 Å². The molecule has 31 heavy (non-hydrogen) atoms. The summed E-state index contributed by atoms with van der Waals surface area (Å²) in [4.78, 5) is 17.9. The number of nitrogens with zero attached hydrogens (tertiary/aromatic N) is 1. The Hall–Kier alpha value is -3.38. The van der Waals surface area contributed by atoms with Crippen LogP contribution in [0.5, 0.6) is 0 Å². The summed E-state index contributed by atoms with van der Waals surface area (Å²) in [7, 11) is 0. The Balaban J connectivity index is 1.66. The SMILES string of the molecule is Cc1ccc(NC(=S)N(Cc2ccco2)Cc2cc3c(C)ccc(C)c3[nH]c2=O)cc1. The van der Waals surface area contributed by atoms with Crippen molar-refractivity contribution in [1.29, 1.82) is 0 Å². The molecule has 4 aromatic rings. The van der Waals surface area contributed by atoms with Gasteiger partial charge in [0.15, 0.2) is 5.11 Å². The molecule has 0 bridgehead atoms. The predicted octanol–water partition coefficient (Wildman–Crippen LogP) is 5.45. The van der Waals surface area contributed by atoms with Crippen LogP contribution in [0.25, 0.3) is 10.9 Å². The summed E-state index contributed by atoms with van der Waals surface area (Å²) in [6.07, 6.45) is 1.64. The van der Waals surface area contributed by atoms with Crippen LogP contribution in [0.3, 0.4) is 0 Å². The largest absolute Gasteiger partial charge is 0.467 e. The van der Waals surface area contributed by atoms with Crippen molar-refractivity contribution in [3.05, 3.63) is 99.2 Å². The van der Waals surface area contributed by atoms with Gasteiger partial charge in [0.05, 0.1) is 24.9 Å². The molecule has 0 aliphatic heterocycles. The lowest BCUT2D eigenvalue weighted by atomic mass is 10.0. The molecule has 2 heterocycles. The number of H-pyrrole nitrogens is 1. The van der Waals surface area contributed by atoms with Gasteiger partial charge in [-0.2, -0.15) is 0 Å². The number of nitrogens with one attached hydrogen (secondary N) is 2. The smallest absolute Gasteiger partial charge is 0.253 e. The first-order chi connectivity index (χ1) is 14.9. The number of benzene rings is 2. The Bertz CT molecular complexity index is 1270. The van der Waals surface area contributed by atoms with Gasteiger partial charge in [-0.3, -0.25) is 4.79 Å². The van der Waals surface area contributed by atoms with Gasteiger partial charge in [0.25, 0.3) is 5.56 Å². The van der Waals surface area contributed by atoms with Crippen molar-refractivity contribution in [1.82, 2.24) is 9.88 Å². The topological polar surface area (TPSA) is 61.3 Å². The summed E-state index contributed by atoms with van der Waals surface area (Å²) in [6, 6.07) is 17.9. The predicted molar refractivity (Wildman–Crippen MR) is 129 cm³/mol. The molecular weight excluding hydrogens is 406 g/mol. The maximum atomic E-state index is 12.9. The van der Waals surface area contributed by atoms with E-state index >= 15 is 0 Å². The molecule has 0 saturated heterocycles. The number of anilines is 1. The van der Waals surface area contributed by atoms with Gasteiger partial charge in [-0.25, -0.2) is 0 Å². The third-order valence-corrected chi connectivity index (χ3v) is 5.76. The molecule has 2 aromatic carbocycles. The molecule has 158 valence electrons. The fourth-order valence-electron chi connectivity index (χ4n) is 3.57. The van der Waals surface area contributed by atoms with E-state index in [-0.39, 0.29) is 5.56 Å². The lowest BCUT2D eigenvalue weighted by molar-refractivity contribution is 0.359. The third kappa shape index (κ3) is 4.70. The normalized spacial score (nSPS) is 10.9. The second kappa shape index (κ2) is 8.78. The minimum Gasteiger partial charge on any atom is -0.467 e. The van der Waals surface area contributed by atoms with Crippen LogP contribution in [0.15, 0.2) is 70.1 Å². The third-order valence-electron chi connectivity index (χ3n) is 5.40. The molecule has 0 aliphatic rings. The van der Waals surface area contributed by atoms with E-state index in [1.165, 1.54) is 5.56 Å². The monoisotopic (exact) mass is 431 g/mol. The van der Waals surface area contributed by atoms with Crippen molar-refractivity contribution < 1.29 is 4.42 Å². The lowest BCUT2D eigenvalue weighted by Crippen LogP contribution is -2.35. The summed E-state index contributed by atoms with van der Waals surface area (Å²) in [6.45, 7) is 6.91. The Labute approximate surface area is 186 Å². The van der Waals surface area contributed by atoms with Crippen molar-refractivity contribution in [2.24, 2.45) is 0 Å². The summed E-state index contributed by atoms with van der Waals surface area (Å²) >= 11 is 5.71. The standard InChI is InChI=1S/C25H25N3O2S/c1-16-6-10-20(11-7-16)26-25(31)28(15-21-5-4-12-30-21)14-19-13-22-17(2)8-9-18(3)23(22)27-24(19)29/h4-13H,14-15H2,1-3H3,(H,26,31)(H,27,29). The van der Waals surface area contributed by atoms with Crippen LogP contribution < -0.4 is 10.9 Å². The molecule has 0 aliphatic carbocycles. The van der Waals surface area contributed by atoms with Gasteiger partial charge >= 0.3 is 0 Å². The molecule has 5 nitrogen and oxygen atoms in total. The molecule has 0 radical (unpaired) electrons. The van der Waals surface area contributed by atoms with Gasteiger partial charge in [-0.15, -0.1) is 0 Å². The molecular formula is C25H25N3O2S. The quantitative estimate of drug-likeness (QED) is 0.412. The number of aromatic nitrogens is 1. The van der Waals surface area contributed by atoms with E-state index in [0.717, 1.165) is 33.5 Å². The van der Waals surface area contributed by atoms with Crippen LogP contribution >= 0.6 is 12.2 Å². The number of pyridine rings is 1. The number of aryl methyl sites for hydroxylation is 3. The van der Waals surface area contributed by atoms with Gasteiger partial charge in [0.1, 0.15) is 5.76 Å². The van der Waals surface area contributed by atoms with E-state index < -0.39 is 0 Å². The highest BCUT2D eigenvalue weighted by atomic mass is 32.1. The van der Waals surface area contributed by atoms with E-state index in [4.69, 9.17) is 16.6 Å². The first kappa shape index (κ1) is 20.9. The van der Waals surface area contributed by atoms with Crippen molar-refractivity contribution >= 4 is 33.9 Å². The van der Waals surface area contributed by atoms with Crippen LogP contribution in [0.4, 0.5) is 5.69 Å². The first-order valence-electron chi connectivity index (χ1n) is 10.2. The van der Waals surface area contributed by atoms with Crippen molar-refractivity contribution in [2.75, 3.05) is 5.32 Å². The van der Waals surface area contributed by atoms with Gasteiger partial charge in [-0.1, -0.05) is 29.8 Å². The van der Waals surface area contributed by atoms with Crippen molar-refractivity contribution in [3.8, 4) is 0 Å². The van der Waals surface area contributed by atoms with E-state index in [9.17, 15) is 4.79 Å². The molecule has 0 spiro atoms. The van der Waals surface area contributed by atoms with Gasteiger partial charge < -0.3 is 19.6 Å². The number of aromatic amines is 1. The minimum absolute atomic E-state index is 0.108. The van der Waals surface area contributed by atoms with Crippen molar-refractivity contribution in [2.45, 2.75) is 33.9 Å². The molecule has 2 N–H and O–H groups in total. The van der Waals surface area contributed by atoms with Crippen LogP contribution in [0.2, 0.25) is 0 Å². The van der Waals surface area contributed by atoms with E-state index in [0.29, 0.717) is 23.8 Å². The maximum Gasteiger partial charge on any atom is 0.253 e. The maximum absolute atomic E-state index is 12.9. The molecule has 0 fully saturated rings. The summed E-state index contributed by atoms with van der Waals surface area (Å²) in [5.74, 6) is 0.775. The van der Waals surface area contributed by atoms with Gasteiger partial charge in [-0.05, 0) is 74.4 Å². The molecule has 0 amide bonds. The number of hydrogen-bond donors (Lipinski definition) is 2. The fourth-order valence-corrected chi connectivity index (χ4v) is 3.82. The van der Waals surface area contributed by atoms with Crippen LogP contribution in [-0.2, 0) is 13.1 Å². The minimum atomic E-state index is -0.108. The van der Waals surface area contributed by atoms with E-state index in [1.807, 2.05) is 74.2 Å². The Kier molecular flexibility index (Phi) is 5.91. The molecule has 6 heteroatoms. The number of furan rings is 1. The summed E-state index contributed by atoms with van der Waals surface area (Å²) < 4.78 is 5.54. The van der Waals surface area contributed by atoms with Crippen LogP contribution in [-0.4, -0.2) is 15.0 Å². The van der Waals surface area contributed by atoms with Gasteiger partial charge in [0, 0.05) is 16.6 Å². The highest BCUT2D eigenvalue weighted by molar-refractivity contribution is 7.80. The molecule has 4 rings (SSSR count). The second-order valence-electron chi connectivity index (χ2n) is 7.84. The average molecular weight is 432 g/mol. The molecule has 0 saturated carbocycles. The first-order valence-corrected chi connectivity index (χ1v) is 10.6. The summed E-state index contributed by atoms with van der Waals surface area (Å²) in [5.41, 5.74) is 5.68. The zero-order valence-corrected chi connectivity index (χ0v) is 18.7. The molecule has 0 atom stereocenters. The highest BCUT2D eigenvalue weighted by Gasteiger charge is 2.16. The van der Waals surface area contributed by atoms with E-state index in [1.54, 1.807) is 6.26 Å². The number of thiocarbonyl (C=S) groups is 1. The Morgan fingerprint density at radius 2 is 1.77 bits per heavy atom. The van der Waals surface area contributed by atoms with Gasteiger partial charge in [0.2, 0.25) is 0 Å². The zero-order valence-electron chi connectivity index (χ0n) is 17.9. The second-order valence-corrected chi connectivity index (χ2v) is 8.23. The molecule has 2 aromatic heterocycles. The van der Waals surface area contributed by atoms with Crippen LogP contribution in [0.1, 0.15) is 28.0 Å². The fraction of sp³-hybridized carbons (Fsp3) is 0.200. The number of fused-ring (bicyclic) bond motifs is 1. The zero-order chi connectivity index (χ0) is 22.0. The Morgan fingerprint density at radius 1 is 1.03 bits per heavy atom. The highest BCUT2D eigenvalue weighted by Crippen LogP contribution is 2.21. The number of hydrogen-bond acceptors (Lipinski definition) is 3. The molecule has 0 unspecified atom stereocenters. The van der Waals surface area contributed by atoms with Crippen LogP contribution in [0, 0.1) is 20.8 Å². The average Bonchev–Trinajstić information content (AvgIpc) is 3.26. The lowest BCUT2D eigenvalue weighted by Gasteiger charge is -2.25. The van der Waals surface area contributed by atoms with E-state index in [2.05, 4.69) is 16.4 Å². The Morgan fingerprint density at radius 3 is 2.48 bits per heavy atom. The number of rotatable bonds is 5. The summed E-state index contributed by atoms with van der Waals surface area (Å²) in [5, 5.41) is 4.86.